The van der Waals surface area contributed by atoms with Crippen molar-refractivity contribution in [2.24, 2.45) is 11.8 Å². The van der Waals surface area contributed by atoms with Gasteiger partial charge in [-0.05, 0) is 24.5 Å². The van der Waals surface area contributed by atoms with Crippen LogP contribution in [0.2, 0.25) is 0 Å². The molecule has 2 aromatic rings. The Morgan fingerprint density at radius 1 is 0.967 bits per heavy atom. The van der Waals surface area contributed by atoms with Crippen molar-refractivity contribution in [3.8, 4) is 0 Å². The molecule has 1 aromatic carbocycles. The molecule has 3 aliphatic heterocycles. The first kappa shape index (κ1) is 19.1. The highest BCUT2D eigenvalue weighted by atomic mass is 16.3. The Kier molecular flexibility index (Phi) is 4.90. The zero-order chi connectivity index (χ0) is 20.7. The average molecular weight is 407 g/mol. The van der Waals surface area contributed by atoms with E-state index in [1.165, 1.54) is 23.0 Å². The first-order chi connectivity index (χ1) is 14.6. The molecular formula is C23H25N3O4. The molecular weight excluding hydrogens is 382 g/mol. The third kappa shape index (κ3) is 3.33. The number of hydrogen-bond acceptors (Lipinski definition) is 5. The number of nitrogens with zero attached hydrogens (tertiary/aromatic N) is 3. The van der Waals surface area contributed by atoms with Crippen molar-refractivity contribution in [3.63, 3.8) is 0 Å². The summed E-state index contributed by atoms with van der Waals surface area (Å²) in [6.07, 6.45) is 4.20. The number of carbonyl (C=O) groups is 3. The lowest BCUT2D eigenvalue weighted by atomic mass is 10.00. The van der Waals surface area contributed by atoms with E-state index in [4.69, 9.17) is 4.42 Å². The van der Waals surface area contributed by atoms with Crippen LogP contribution in [0.15, 0.2) is 53.3 Å². The molecule has 30 heavy (non-hydrogen) atoms. The molecule has 5 rings (SSSR count). The topological polar surface area (TPSA) is 74.1 Å². The SMILES string of the molecule is O=C(c1ccoc1)N1CCC(N2C(=O)C3CN(Cc4ccccc4)CC3C2=O)CC1. The Morgan fingerprint density at radius 3 is 2.23 bits per heavy atom. The number of amides is 3. The van der Waals surface area contributed by atoms with Gasteiger partial charge in [0.1, 0.15) is 6.26 Å². The highest BCUT2D eigenvalue weighted by Gasteiger charge is 2.54. The summed E-state index contributed by atoms with van der Waals surface area (Å²) in [5.74, 6) is -0.575. The minimum atomic E-state index is -0.230. The van der Waals surface area contributed by atoms with E-state index in [-0.39, 0.29) is 35.6 Å². The van der Waals surface area contributed by atoms with Crippen LogP contribution < -0.4 is 0 Å². The molecule has 1 aromatic heterocycles. The summed E-state index contributed by atoms with van der Waals surface area (Å²) in [6, 6.07) is 11.7. The van der Waals surface area contributed by atoms with Crippen molar-refractivity contribution in [3.05, 3.63) is 60.1 Å². The number of rotatable bonds is 4. The minimum absolute atomic E-state index is 0.0276. The highest BCUT2D eigenvalue weighted by Crippen LogP contribution is 2.37. The summed E-state index contributed by atoms with van der Waals surface area (Å²) in [5, 5.41) is 0. The summed E-state index contributed by atoms with van der Waals surface area (Å²) in [7, 11) is 0. The Bertz CT molecular complexity index is 911. The van der Waals surface area contributed by atoms with Crippen molar-refractivity contribution in [2.45, 2.75) is 25.4 Å². The standard InChI is InChI=1S/C23H25N3O4/c27-21(17-8-11-30-15-17)25-9-6-18(7-10-25)26-22(28)19-13-24(14-20(19)23(26)29)12-16-4-2-1-3-5-16/h1-5,8,11,15,18-20H,6-7,9-10,12-14H2. The molecule has 7 heteroatoms. The molecule has 3 fully saturated rings. The number of hydrogen-bond donors (Lipinski definition) is 0. The Morgan fingerprint density at radius 2 is 1.63 bits per heavy atom. The number of benzene rings is 1. The molecule has 0 spiro atoms. The van der Waals surface area contributed by atoms with Crippen LogP contribution in [0.3, 0.4) is 0 Å². The fourth-order valence-electron chi connectivity index (χ4n) is 5.08. The quantitative estimate of drug-likeness (QED) is 0.725. The van der Waals surface area contributed by atoms with Crippen LogP contribution in [0.1, 0.15) is 28.8 Å². The van der Waals surface area contributed by atoms with E-state index in [0.29, 0.717) is 44.6 Å². The molecule has 4 heterocycles. The molecule has 7 nitrogen and oxygen atoms in total. The summed E-state index contributed by atoms with van der Waals surface area (Å²) in [5.41, 5.74) is 1.73. The molecule has 3 saturated heterocycles. The molecule has 2 atom stereocenters. The van der Waals surface area contributed by atoms with E-state index < -0.39 is 0 Å². The predicted molar refractivity (Wildman–Crippen MR) is 108 cm³/mol. The third-order valence-electron chi connectivity index (χ3n) is 6.64. The summed E-state index contributed by atoms with van der Waals surface area (Å²) >= 11 is 0. The molecule has 156 valence electrons. The largest absolute Gasteiger partial charge is 0.472 e. The number of carbonyl (C=O) groups excluding carboxylic acids is 3. The summed E-state index contributed by atoms with van der Waals surface area (Å²) in [4.78, 5) is 44.1. The lowest BCUT2D eigenvalue weighted by Gasteiger charge is -2.36. The van der Waals surface area contributed by atoms with Crippen molar-refractivity contribution < 1.29 is 18.8 Å². The van der Waals surface area contributed by atoms with Crippen molar-refractivity contribution in [1.82, 2.24) is 14.7 Å². The van der Waals surface area contributed by atoms with E-state index >= 15 is 0 Å². The Hall–Kier alpha value is -2.93. The normalized spacial score (nSPS) is 25.2. The van der Waals surface area contributed by atoms with E-state index in [1.54, 1.807) is 11.0 Å². The Labute approximate surface area is 175 Å². The van der Waals surface area contributed by atoms with Crippen LogP contribution in [0, 0.1) is 11.8 Å². The molecule has 0 saturated carbocycles. The second-order valence-corrected chi connectivity index (χ2v) is 8.47. The molecule has 0 N–H and O–H groups in total. The monoisotopic (exact) mass is 407 g/mol. The fourth-order valence-corrected chi connectivity index (χ4v) is 5.08. The van der Waals surface area contributed by atoms with E-state index in [1.807, 2.05) is 18.2 Å². The van der Waals surface area contributed by atoms with Gasteiger partial charge in [0.15, 0.2) is 0 Å². The summed E-state index contributed by atoms with van der Waals surface area (Å²) < 4.78 is 5.00. The maximum Gasteiger partial charge on any atom is 0.257 e. The van der Waals surface area contributed by atoms with Gasteiger partial charge in [-0.2, -0.15) is 0 Å². The number of piperidine rings is 1. The van der Waals surface area contributed by atoms with Crippen LogP contribution in [-0.4, -0.2) is 64.6 Å². The van der Waals surface area contributed by atoms with Gasteiger partial charge in [0.2, 0.25) is 11.8 Å². The number of fused-ring (bicyclic) bond motifs is 1. The zero-order valence-electron chi connectivity index (χ0n) is 16.8. The van der Waals surface area contributed by atoms with Crippen molar-refractivity contribution in [1.29, 1.82) is 0 Å². The van der Waals surface area contributed by atoms with Crippen LogP contribution in [0.4, 0.5) is 0 Å². The lowest BCUT2D eigenvalue weighted by molar-refractivity contribution is -0.144. The van der Waals surface area contributed by atoms with Gasteiger partial charge < -0.3 is 9.32 Å². The van der Waals surface area contributed by atoms with E-state index in [9.17, 15) is 14.4 Å². The fraction of sp³-hybridized carbons (Fsp3) is 0.435. The van der Waals surface area contributed by atoms with Gasteiger partial charge in [-0.3, -0.25) is 24.2 Å². The smallest absolute Gasteiger partial charge is 0.257 e. The number of imide groups is 1. The van der Waals surface area contributed by atoms with Crippen LogP contribution >= 0.6 is 0 Å². The summed E-state index contributed by atoms with van der Waals surface area (Å²) in [6.45, 7) is 3.13. The maximum absolute atomic E-state index is 13.1. The molecule has 0 aliphatic carbocycles. The van der Waals surface area contributed by atoms with Gasteiger partial charge >= 0.3 is 0 Å². The van der Waals surface area contributed by atoms with Crippen molar-refractivity contribution in [2.75, 3.05) is 26.2 Å². The van der Waals surface area contributed by atoms with E-state index in [2.05, 4.69) is 17.0 Å². The lowest BCUT2D eigenvalue weighted by Crippen LogP contribution is -2.50. The van der Waals surface area contributed by atoms with Crippen LogP contribution in [-0.2, 0) is 16.1 Å². The zero-order valence-corrected chi connectivity index (χ0v) is 16.8. The van der Waals surface area contributed by atoms with Gasteiger partial charge in [0, 0.05) is 38.8 Å². The van der Waals surface area contributed by atoms with Crippen LogP contribution in [0.25, 0.3) is 0 Å². The molecule has 3 aliphatic rings. The van der Waals surface area contributed by atoms with Crippen LogP contribution in [0.5, 0.6) is 0 Å². The highest BCUT2D eigenvalue weighted by molar-refractivity contribution is 6.06. The van der Waals surface area contributed by atoms with Gasteiger partial charge in [-0.1, -0.05) is 30.3 Å². The van der Waals surface area contributed by atoms with E-state index in [0.717, 1.165) is 6.54 Å². The van der Waals surface area contributed by atoms with Gasteiger partial charge in [0.05, 0.1) is 23.7 Å². The first-order valence-corrected chi connectivity index (χ1v) is 10.6. The van der Waals surface area contributed by atoms with Gasteiger partial charge in [-0.25, -0.2) is 0 Å². The molecule has 0 radical (unpaired) electrons. The van der Waals surface area contributed by atoms with Crippen molar-refractivity contribution >= 4 is 17.7 Å². The molecule has 3 amide bonds. The van der Waals surface area contributed by atoms with Gasteiger partial charge in [0.25, 0.3) is 5.91 Å². The number of likely N-dealkylation sites (tertiary alicyclic amines) is 3. The van der Waals surface area contributed by atoms with Gasteiger partial charge in [-0.15, -0.1) is 0 Å². The maximum atomic E-state index is 13.1. The average Bonchev–Trinajstić information content (AvgIpc) is 3.49. The minimum Gasteiger partial charge on any atom is -0.472 e. The molecule has 2 unspecified atom stereocenters. The predicted octanol–water partition coefficient (Wildman–Crippen LogP) is 2.00. The number of furan rings is 1. The second kappa shape index (κ2) is 7.72. The first-order valence-electron chi connectivity index (χ1n) is 10.6. The molecule has 0 bridgehead atoms. The third-order valence-corrected chi connectivity index (χ3v) is 6.64. The Balaban J connectivity index is 1.19. The second-order valence-electron chi connectivity index (χ2n) is 8.47.